The average molecular weight is 363 g/mol. The fourth-order valence-electron chi connectivity index (χ4n) is 2.98. The minimum Gasteiger partial charge on any atom is -0.492 e. The highest BCUT2D eigenvalue weighted by Crippen LogP contribution is 2.23. The molecule has 144 valence electrons. The number of nitrogens with zero attached hydrogens (tertiary/aromatic N) is 1. The smallest absolute Gasteiger partial charge is 0.313 e. The lowest BCUT2D eigenvalue weighted by Crippen LogP contribution is -2.42. The third-order valence-electron chi connectivity index (χ3n) is 4.51. The number of amides is 2. The predicted octanol–water partition coefficient (Wildman–Crippen LogP) is 1.50. The molecule has 1 aromatic carbocycles. The van der Waals surface area contributed by atoms with Gasteiger partial charge < -0.3 is 25.0 Å². The number of hydrogen-bond acceptors (Lipinski definition) is 5. The van der Waals surface area contributed by atoms with Gasteiger partial charge in [0.05, 0.1) is 18.9 Å². The van der Waals surface area contributed by atoms with Crippen LogP contribution in [-0.2, 0) is 14.3 Å². The molecule has 1 aromatic rings. The zero-order valence-corrected chi connectivity index (χ0v) is 15.6. The maximum Gasteiger partial charge on any atom is 0.313 e. The van der Waals surface area contributed by atoms with Crippen LogP contribution in [0, 0.1) is 5.92 Å². The van der Waals surface area contributed by atoms with Crippen LogP contribution >= 0.6 is 0 Å². The van der Waals surface area contributed by atoms with Crippen molar-refractivity contribution in [3.8, 4) is 5.75 Å². The molecule has 0 saturated carbocycles. The maximum atomic E-state index is 12.1. The Morgan fingerprint density at radius 3 is 2.62 bits per heavy atom. The number of ether oxygens (including phenoxy) is 2. The molecule has 0 radical (unpaired) electrons. The van der Waals surface area contributed by atoms with Crippen molar-refractivity contribution in [2.45, 2.75) is 19.8 Å². The number of nitrogens with one attached hydrogen (secondary N) is 2. The molecular weight excluding hydrogens is 334 g/mol. The first-order valence-corrected chi connectivity index (χ1v) is 9.16. The van der Waals surface area contributed by atoms with Crippen LogP contribution in [0.3, 0.4) is 0 Å². The van der Waals surface area contributed by atoms with Crippen molar-refractivity contribution >= 4 is 17.5 Å². The Balaban J connectivity index is 1.74. The molecule has 0 bridgehead atoms. The Bertz CT molecular complexity index is 586. The summed E-state index contributed by atoms with van der Waals surface area (Å²) >= 11 is 0. The number of anilines is 1. The second kappa shape index (κ2) is 10.8. The number of carbonyl (C=O) groups excluding carboxylic acids is 2. The summed E-state index contributed by atoms with van der Waals surface area (Å²) in [5.41, 5.74) is 0.501. The number of carbonyl (C=O) groups is 2. The quantitative estimate of drug-likeness (QED) is 0.684. The molecule has 1 fully saturated rings. The minimum absolute atomic E-state index is 0.404. The van der Waals surface area contributed by atoms with Crippen molar-refractivity contribution in [2.75, 3.05) is 51.8 Å². The molecule has 1 aliphatic heterocycles. The lowest BCUT2D eigenvalue weighted by Gasteiger charge is -2.31. The number of hydrogen-bond donors (Lipinski definition) is 2. The molecular formula is C19H29N3O4. The molecule has 1 heterocycles. The van der Waals surface area contributed by atoms with Gasteiger partial charge in [-0.15, -0.1) is 0 Å². The summed E-state index contributed by atoms with van der Waals surface area (Å²) in [6, 6.07) is 7.08. The number of para-hydroxylation sites is 2. The summed E-state index contributed by atoms with van der Waals surface area (Å²) in [5, 5.41) is 5.36. The van der Waals surface area contributed by atoms with E-state index in [1.165, 1.54) is 0 Å². The molecule has 0 unspecified atom stereocenters. The van der Waals surface area contributed by atoms with Gasteiger partial charge in [0.25, 0.3) is 0 Å². The summed E-state index contributed by atoms with van der Waals surface area (Å²) in [6.07, 6.45) is 2.03. The summed E-state index contributed by atoms with van der Waals surface area (Å²) in [7, 11) is 1.71. The highest BCUT2D eigenvalue weighted by molar-refractivity contribution is 6.39. The van der Waals surface area contributed by atoms with E-state index in [4.69, 9.17) is 9.47 Å². The standard InChI is InChI=1S/C19H29N3O4/c1-3-26-17-7-5-4-6-16(17)21-19(24)18(23)20-14-15-8-10-22(11-9-15)12-13-25-2/h4-7,15H,3,8-14H2,1-2H3,(H,20,23)(H,21,24). The summed E-state index contributed by atoms with van der Waals surface area (Å²) < 4.78 is 10.5. The lowest BCUT2D eigenvalue weighted by molar-refractivity contribution is -0.136. The monoisotopic (exact) mass is 363 g/mol. The van der Waals surface area contributed by atoms with Crippen molar-refractivity contribution in [3.63, 3.8) is 0 Å². The van der Waals surface area contributed by atoms with Crippen LogP contribution in [0.2, 0.25) is 0 Å². The van der Waals surface area contributed by atoms with Crippen LogP contribution < -0.4 is 15.4 Å². The second-order valence-corrected chi connectivity index (χ2v) is 6.37. The topological polar surface area (TPSA) is 79.9 Å². The second-order valence-electron chi connectivity index (χ2n) is 6.37. The fraction of sp³-hybridized carbons (Fsp3) is 0.579. The first-order valence-electron chi connectivity index (χ1n) is 9.16. The molecule has 7 nitrogen and oxygen atoms in total. The van der Waals surface area contributed by atoms with Gasteiger partial charge in [0, 0.05) is 20.2 Å². The highest BCUT2D eigenvalue weighted by Gasteiger charge is 2.21. The lowest BCUT2D eigenvalue weighted by atomic mass is 9.97. The predicted molar refractivity (Wildman–Crippen MR) is 100 cm³/mol. The summed E-state index contributed by atoms with van der Waals surface area (Å²) in [6.45, 7) is 6.56. The van der Waals surface area contributed by atoms with Crippen LogP contribution in [0.4, 0.5) is 5.69 Å². The van der Waals surface area contributed by atoms with E-state index >= 15 is 0 Å². The number of methoxy groups -OCH3 is 1. The average Bonchev–Trinajstić information content (AvgIpc) is 2.67. The summed E-state index contributed by atoms with van der Waals surface area (Å²) in [5.74, 6) is -0.325. The van der Waals surface area contributed by atoms with Gasteiger partial charge >= 0.3 is 11.8 Å². The van der Waals surface area contributed by atoms with Gasteiger partial charge in [-0.25, -0.2) is 0 Å². The number of likely N-dealkylation sites (tertiary alicyclic amines) is 1. The van der Waals surface area contributed by atoms with Gasteiger partial charge in [-0.05, 0) is 50.9 Å². The first-order chi connectivity index (χ1) is 12.6. The van der Waals surface area contributed by atoms with Gasteiger partial charge in [0.15, 0.2) is 0 Å². The van der Waals surface area contributed by atoms with Gasteiger partial charge in [-0.3, -0.25) is 9.59 Å². The van der Waals surface area contributed by atoms with E-state index in [0.29, 0.717) is 30.5 Å². The Kier molecular flexibility index (Phi) is 8.37. The van der Waals surface area contributed by atoms with Crippen LogP contribution in [0.1, 0.15) is 19.8 Å². The van der Waals surface area contributed by atoms with Gasteiger partial charge in [0.2, 0.25) is 0 Å². The first kappa shape index (κ1) is 20.2. The molecule has 7 heteroatoms. The third kappa shape index (κ3) is 6.31. The van der Waals surface area contributed by atoms with E-state index < -0.39 is 11.8 Å². The number of rotatable bonds is 8. The Morgan fingerprint density at radius 2 is 1.92 bits per heavy atom. The van der Waals surface area contributed by atoms with Crippen LogP contribution in [-0.4, -0.2) is 63.2 Å². The van der Waals surface area contributed by atoms with Crippen molar-refractivity contribution in [1.82, 2.24) is 10.2 Å². The zero-order chi connectivity index (χ0) is 18.8. The molecule has 26 heavy (non-hydrogen) atoms. The van der Waals surface area contributed by atoms with Crippen molar-refractivity contribution in [1.29, 1.82) is 0 Å². The molecule has 2 N–H and O–H groups in total. The largest absolute Gasteiger partial charge is 0.492 e. The number of benzene rings is 1. The van der Waals surface area contributed by atoms with Gasteiger partial charge in [-0.2, -0.15) is 0 Å². The Labute approximate surface area is 155 Å². The van der Waals surface area contributed by atoms with E-state index in [-0.39, 0.29) is 0 Å². The van der Waals surface area contributed by atoms with Crippen molar-refractivity contribution < 1.29 is 19.1 Å². The molecule has 2 rings (SSSR count). The van der Waals surface area contributed by atoms with E-state index in [0.717, 1.165) is 39.1 Å². The molecule has 0 spiro atoms. The summed E-state index contributed by atoms with van der Waals surface area (Å²) in [4.78, 5) is 26.5. The molecule has 1 aliphatic rings. The maximum absolute atomic E-state index is 12.1. The van der Waals surface area contributed by atoms with Crippen LogP contribution in [0.25, 0.3) is 0 Å². The normalized spacial score (nSPS) is 15.5. The van der Waals surface area contributed by atoms with E-state index in [1.54, 1.807) is 25.3 Å². The number of piperidine rings is 1. The van der Waals surface area contributed by atoms with Gasteiger partial charge in [0.1, 0.15) is 5.75 Å². The molecule has 0 atom stereocenters. The van der Waals surface area contributed by atoms with Crippen molar-refractivity contribution in [2.24, 2.45) is 5.92 Å². The SMILES string of the molecule is CCOc1ccccc1NC(=O)C(=O)NCC1CCN(CCOC)CC1. The van der Waals surface area contributed by atoms with E-state index in [9.17, 15) is 9.59 Å². The Hall–Kier alpha value is -2.12. The van der Waals surface area contributed by atoms with E-state index in [2.05, 4.69) is 15.5 Å². The van der Waals surface area contributed by atoms with Crippen LogP contribution in [0.15, 0.2) is 24.3 Å². The molecule has 0 aliphatic carbocycles. The fourth-order valence-corrected chi connectivity index (χ4v) is 2.98. The third-order valence-corrected chi connectivity index (χ3v) is 4.51. The zero-order valence-electron chi connectivity index (χ0n) is 15.6. The van der Waals surface area contributed by atoms with Gasteiger partial charge in [-0.1, -0.05) is 12.1 Å². The minimum atomic E-state index is -0.672. The Morgan fingerprint density at radius 1 is 1.19 bits per heavy atom. The molecule has 0 aromatic heterocycles. The molecule has 2 amide bonds. The highest BCUT2D eigenvalue weighted by atomic mass is 16.5. The van der Waals surface area contributed by atoms with E-state index in [1.807, 2.05) is 13.0 Å². The van der Waals surface area contributed by atoms with Crippen LogP contribution in [0.5, 0.6) is 5.75 Å². The van der Waals surface area contributed by atoms with Crippen molar-refractivity contribution in [3.05, 3.63) is 24.3 Å². The molecule has 1 saturated heterocycles.